The summed E-state index contributed by atoms with van der Waals surface area (Å²) in [6, 6.07) is 6.64. The quantitative estimate of drug-likeness (QED) is 0.621. The minimum Gasteiger partial charge on any atom is -0.399 e. The topological polar surface area (TPSA) is 104 Å². The highest BCUT2D eigenvalue weighted by molar-refractivity contribution is 5.67. The standard InChI is InChI=1S/C10H10FN5/c11-7-8(15-10(14)16-9(7)13)5-2-1-3-6(12)4-5/h1-4H,12H2,(H4,13,14,15,16). The average Bonchev–Trinajstić information content (AvgIpc) is 2.23. The normalized spacial score (nSPS) is 10.3. The maximum atomic E-state index is 13.7. The molecule has 6 N–H and O–H groups in total. The van der Waals surface area contributed by atoms with Crippen LogP contribution in [0.4, 0.5) is 21.8 Å². The van der Waals surface area contributed by atoms with Gasteiger partial charge in [0.05, 0.1) is 0 Å². The zero-order chi connectivity index (χ0) is 11.7. The van der Waals surface area contributed by atoms with E-state index in [0.29, 0.717) is 11.3 Å². The first-order valence-corrected chi connectivity index (χ1v) is 4.52. The molecular formula is C10H10FN5. The van der Waals surface area contributed by atoms with Crippen LogP contribution in [0.15, 0.2) is 24.3 Å². The van der Waals surface area contributed by atoms with Gasteiger partial charge in [-0.15, -0.1) is 0 Å². The van der Waals surface area contributed by atoms with Crippen molar-refractivity contribution in [3.8, 4) is 11.3 Å². The summed E-state index contributed by atoms with van der Waals surface area (Å²) < 4.78 is 13.7. The summed E-state index contributed by atoms with van der Waals surface area (Å²) in [5, 5.41) is 0. The van der Waals surface area contributed by atoms with Crippen LogP contribution in [0.25, 0.3) is 11.3 Å². The highest BCUT2D eigenvalue weighted by atomic mass is 19.1. The van der Waals surface area contributed by atoms with Crippen molar-refractivity contribution in [1.29, 1.82) is 0 Å². The van der Waals surface area contributed by atoms with Crippen molar-refractivity contribution in [3.05, 3.63) is 30.1 Å². The molecule has 0 aliphatic carbocycles. The zero-order valence-electron chi connectivity index (χ0n) is 8.31. The predicted octanol–water partition coefficient (Wildman–Crippen LogP) is 1.03. The molecular weight excluding hydrogens is 209 g/mol. The number of hydrogen-bond acceptors (Lipinski definition) is 5. The average molecular weight is 219 g/mol. The van der Waals surface area contributed by atoms with Gasteiger partial charge in [-0.2, -0.15) is 4.98 Å². The third-order valence-electron chi connectivity index (χ3n) is 2.05. The van der Waals surface area contributed by atoms with Crippen LogP contribution in [0, 0.1) is 5.82 Å². The molecule has 0 unspecified atom stereocenters. The lowest BCUT2D eigenvalue weighted by Gasteiger charge is -2.06. The second-order valence-corrected chi connectivity index (χ2v) is 3.26. The van der Waals surface area contributed by atoms with Crippen molar-refractivity contribution in [2.45, 2.75) is 0 Å². The van der Waals surface area contributed by atoms with E-state index in [1.807, 2.05) is 0 Å². The Balaban J connectivity index is 2.64. The smallest absolute Gasteiger partial charge is 0.222 e. The molecule has 16 heavy (non-hydrogen) atoms. The second-order valence-electron chi connectivity index (χ2n) is 3.26. The molecule has 0 amide bonds. The van der Waals surface area contributed by atoms with Gasteiger partial charge >= 0.3 is 0 Å². The van der Waals surface area contributed by atoms with Gasteiger partial charge in [0.1, 0.15) is 5.69 Å². The molecule has 0 saturated heterocycles. The maximum absolute atomic E-state index is 13.7. The number of hydrogen-bond donors (Lipinski definition) is 3. The Kier molecular flexibility index (Phi) is 2.32. The van der Waals surface area contributed by atoms with Crippen molar-refractivity contribution in [1.82, 2.24) is 9.97 Å². The van der Waals surface area contributed by atoms with Crippen LogP contribution in [0.3, 0.4) is 0 Å². The molecule has 82 valence electrons. The molecule has 0 bridgehead atoms. The molecule has 0 radical (unpaired) electrons. The van der Waals surface area contributed by atoms with E-state index in [2.05, 4.69) is 9.97 Å². The fraction of sp³-hybridized carbons (Fsp3) is 0. The first-order chi connectivity index (χ1) is 7.58. The fourth-order valence-electron chi connectivity index (χ4n) is 1.36. The van der Waals surface area contributed by atoms with Gasteiger partial charge < -0.3 is 17.2 Å². The molecule has 0 aliphatic rings. The summed E-state index contributed by atoms with van der Waals surface area (Å²) in [5.41, 5.74) is 17.4. The van der Waals surface area contributed by atoms with Crippen molar-refractivity contribution in [2.75, 3.05) is 17.2 Å². The molecule has 0 spiro atoms. The van der Waals surface area contributed by atoms with E-state index < -0.39 is 5.82 Å². The van der Waals surface area contributed by atoms with Gasteiger partial charge in [0.15, 0.2) is 11.6 Å². The summed E-state index contributed by atoms with van der Waals surface area (Å²) >= 11 is 0. The Morgan fingerprint density at radius 3 is 2.50 bits per heavy atom. The number of anilines is 3. The first-order valence-electron chi connectivity index (χ1n) is 4.52. The van der Waals surface area contributed by atoms with E-state index >= 15 is 0 Å². The van der Waals surface area contributed by atoms with Crippen molar-refractivity contribution < 1.29 is 4.39 Å². The number of nitrogens with two attached hydrogens (primary N) is 3. The minimum absolute atomic E-state index is 0.0531. The molecule has 5 nitrogen and oxygen atoms in total. The molecule has 0 fully saturated rings. The molecule has 6 heteroatoms. The third kappa shape index (κ3) is 1.72. The molecule has 2 rings (SSSR count). The van der Waals surface area contributed by atoms with E-state index in [0.717, 1.165) is 0 Å². The van der Waals surface area contributed by atoms with Crippen LogP contribution >= 0.6 is 0 Å². The Morgan fingerprint density at radius 2 is 1.81 bits per heavy atom. The first kappa shape index (κ1) is 10.2. The zero-order valence-corrected chi connectivity index (χ0v) is 8.31. The Bertz CT molecular complexity index is 541. The minimum atomic E-state index is -0.695. The maximum Gasteiger partial charge on any atom is 0.222 e. The highest BCUT2D eigenvalue weighted by Gasteiger charge is 2.12. The van der Waals surface area contributed by atoms with Gasteiger partial charge in [-0.3, -0.25) is 0 Å². The van der Waals surface area contributed by atoms with Gasteiger partial charge in [-0.25, -0.2) is 9.37 Å². The number of nitrogen functional groups attached to an aromatic ring is 3. The van der Waals surface area contributed by atoms with Crippen LogP contribution in [0.1, 0.15) is 0 Å². The summed E-state index contributed by atoms with van der Waals surface area (Å²) in [5.74, 6) is -1.04. The Hall–Kier alpha value is -2.37. The number of benzene rings is 1. The van der Waals surface area contributed by atoms with E-state index in [1.54, 1.807) is 24.3 Å². The molecule has 0 aliphatic heterocycles. The van der Waals surface area contributed by atoms with Gasteiger partial charge in [-0.1, -0.05) is 12.1 Å². The predicted molar refractivity (Wildman–Crippen MR) is 60.7 cm³/mol. The molecule has 0 atom stereocenters. The van der Waals surface area contributed by atoms with Gasteiger partial charge in [-0.05, 0) is 12.1 Å². The summed E-state index contributed by atoms with van der Waals surface area (Å²) in [7, 11) is 0. The van der Waals surface area contributed by atoms with E-state index in [4.69, 9.17) is 17.2 Å². The largest absolute Gasteiger partial charge is 0.399 e. The number of halogens is 1. The Morgan fingerprint density at radius 1 is 1.06 bits per heavy atom. The van der Waals surface area contributed by atoms with Crippen LogP contribution in [-0.4, -0.2) is 9.97 Å². The summed E-state index contributed by atoms with van der Waals surface area (Å²) in [6.45, 7) is 0. The van der Waals surface area contributed by atoms with Crippen molar-refractivity contribution in [3.63, 3.8) is 0 Å². The fourth-order valence-corrected chi connectivity index (χ4v) is 1.36. The lowest BCUT2D eigenvalue weighted by Crippen LogP contribution is -2.05. The van der Waals surface area contributed by atoms with E-state index in [-0.39, 0.29) is 17.5 Å². The molecule has 1 aromatic carbocycles. The summed E-state index contributed by atoms with van der Waals surface area (Å²) in [4.78, 5) is 7.32. The SMILES string of the molecule is Nc1cccc(-c2nc(N)nc(N)c2F)c1. The van der Waals surface area contributed by atoms with Crippen LogP contribution in [0.2, 0.25) is 0 Å². The van der Waals surface area contributed by atoms with Gasteiger partial charge in [0.2, 0.25) is 5.95 Å². The monoisotopic (exact) mass is 219 g/mol. The van der Waals surface area contributed by atoms with Crippen LogP contribution in [0.5, 0.6) is 0 Å². The molecule has 2 aromatic rings. The second kappa shape index (κ2) is 3.65. The lowest BCUT2D eigenvalue weighted by molar-refractivity contribution is 0.625. The van der Waals surface area contributed by atoms with Crippen LogP contribution in [-0.2, 0) is 0 Å². The van der Waals surface area contributed by atoms with E-state index in [9.17, 15) is 4.39 Å². The van der Waals surface area contributed by atoms with E-state index in [1.165, 1.54) is 0 Å². The lowest BCUT2D eigenvalue weighted by atomic mass is 10.1. The van der Waals surface area contributed by atoms with Gasteiger partial charge in [0, 0.05) is 11.3 Å². The number of aromatic nitrogens is 2. The van der Waals surface area contributed by atoms with Crippen LogP contribution < -0.4 is 17.2 Å². The highest BCUT2D eigenvalue weighted by Crippen LogP contribution is 2.25. The van der Waals surface area contributed by atoms with Crippen molar-refractivity contribution >= 4 is 17.5 Å². The van der Waals surface area contributed by atoms with Gasteiger partial charge in [0.25, 0.3) is 0 Å². The number of nitrogens with zero attached hydrogens (tertiary/aromatic N) is 2. The molecule has 1 aromatic heterocycles. The van der Waals surface area contributed by atoms with Crippen molar-refractivity contribution in [2.24, 2.45) is 0 Å². The summed E-state index contributed by atoms with van der Waals surface area (Å²) in [6.07, 6.45) is 0. The number of rotatable bonds is 1. The third-order valence-corrected chi connectivity index (χ3v) is 2.05. The molecule has 0 saturated carbocycles. The molecule has 1 heterocycles. The Labute approximate surface area is 91.1 Å².